The molecule has 0 aliphatic heterocycles. The molecule has 0 fully saturated rings. The second-order valence-corrected chi connectivity index (χ2v) is 3.73. The molecular formula is C12H22ClNO2. The molecule has 0 aromatic rings. The van der Waals surface area contributed by atoms with Crippen molar-refractivity contribution in [2.75, 3.05) is 0 Å². The van der Waals surface area contributed by atoms with Crippen LogP contribution in [0.5, 0.6) is 0 Å². The van der Waals surface area contributed by atoms with E-state index in [9.17, 15) is 4.79 Å². The summed E-state index contributed by atoms with van der Waals surface area (Å²) < 4.78 is 0. The van der Waals surface area contributed by atoms with Crippen LogP contribution in [0.1, 0.15) is 32.6 Å². The molecule has 16 heavy (non-hydrogen) atoms. The Balaban J connectivity index is 0. The van der Waals surface area contributed by atoms with E-state index in [0.717, 1.165) is 19.3 Å². The Morgan fingerprint density at radius 1 is 1.38 bits per heavy atom. The number of aliphatic carboxylic acids is 1. The van der Waals surface area contributed by atoms with E-state index in [1.54, 1.807) is 0 Å². The number of carboxylic acid groups (broad SMARTS) is 1. The molecular weight excluding hydrogens is 226 g/mol. The Morgan fingerprint density at radius 2 is 1.88 bits per heavy atom. The molecule has 0 heterocycles. The summed E-state index contributed by atoms with van der Waals surface area (Å²) in [7, 11) is 0. The maximum absolute atomic E-state index is 11.0. The molecule has 0 amide bonds. The van der Waals surface area contributed by atoms with E-state index >= 15 is 0 Å². The van der Waals surface area contributed by atoms with E-state index in [1.807, 2.05) is 24.4 Å². The number of hydrogen-bond donors (Lipinski definition) is 2. The highest BCUT2D eigenvalue weighted by molar-refractivity contribution is 5.71. The predicted molar refractivity (Wildman–Crippen MR) is 61.7 cm³/mol. The maximum Gasteiger partial charge on any atom is 0.362 e. The minimum Gasteiger partial charge on any atom is -1.00 e. The number of hydrogen-bond acceptors (Lipinski definition) is 1. The predicted octanol–water partition coefficient (Wildman–Crippen LogP) is -1.67. The molecule has 0 saturated heterocycles. The van der Waals surface area contributed by atoms with Crippen molar-refractivity contribution in [2.45, 2.75) is 44.7 Å². The van der Waals surface area contributed by atoms with Gasteiger partial charge in [0.25, 0.3) is 0 Å². The molecule has 0 radical (unpaired) electrons. The fourth-order valence-electron chi connectivity index (χ4n) is 1.62. The van der Waals surface area contributed by atoms with Gasteiger partial charge >= 0.3 is 5.97 Å². The molecule has 3 nitrogen and oxygen atoms in total. The van der Waals surface area contributed by atoms with Gasteiger partial charge in [0.15, 0.2) is 6.04 Å². The van der Waals surface area contributed by atoms with Crippen LogP contribution < -0.4 is 17.7 Å². The fourth-order valence-corrected chi connectivity index (χ4v) is 1.62. The van der Waals surface area contributed by atoms with Gasteiger partial charge in [-0.25, -0.2) is 4.79 Å². The van der Waals surface area contributed by atoms with Gasteiger partial charge in [0, 0.05) is 19.3 Å². The van der Waals surface area contributed by atoms with Crippen molar-refractivity contribution in [3.8, 4) is 0 Å². The molecule has 1 unspecified atom stereocenters. The summed E-state index contributed by atoms with van der Waals surface area (Å²) in [5.74, 6) is -0.727. The second kappa shape index (κ2) is 10.7. The third-order valence-corrected chi connectivity index (χ3v) is 2.36. The number of rotatable bonds is 9. The van der Waals surface area contributed by atoms with E-state index in [0.29, 0.717) is 6.42 Å². The van der Waals surface area contributed by atoms with Gasteiger partial charge in [-0.2, -0.15) is 0 Å². The van der Waals surface area contributed by atoms with Crippen LogP contribution >= 0.6 is 0 Å². The van der Waals surface area contributed by atoms with Crippen molar-refractivity contribution in [3.05, 3.63) is 25.3 Å². The first kappa shape index (κ1) is 17.6. The first-order valence-corrected chi connectivity index (χ1v) is 5.45. The molecule has 0 spiro atoms. The number of nitrogens with two attached hydrogens (primary N) is 1. The lowest BCUT2D eigenvalue weighted by atomic mass is 10.1. The molecule has 0 bridgehead atoms. The fraction of sp³-hybridized carbons (Fsp3) is 0.583. The van der Waals surface area contributed by atoms with Gasteiger partial charge in [-0.3, -0.25) is 0 Å². The van der Waals surface area contributed by atoms with Crippen LogP contribution in [0.15, 0.2) is 25.3 Å². The van der Waals surface area contributed by atoms with E-state index < -0.39 is 5.97 Å². The normalized spacial score (nSPS) is 11.6. The zero-order valence-corrected chi connectivity index (χ0v) is 10.6. The molecule has 0 saturated carbocycles. The van der Waals surface area contributed by atoms with Crippen molar-refractivity contribution < 1.29 is 27.6 Å². The average Bonchev–Trinajstić information content (AvgIpc) is 2.17. The van der Waals surface area contributed by atoms with Crippen LogP contribution in [0.25, 0.3) is 0 Å². The van der Waals surface area contributed by atoms with E-state index in [2.05, 4.69) is 13.2 Å². The summed E-state index contributed by atoms with van der Waals surface area (Å²) in [6.07, 6.45) is 6.90. The Hall–Kier alpha value is -0.800. The summed E-state index contributed by atoms with van der Waals surface area (Å²) >= 11 is 0. The Kier molecular flexibility index (Phi) is 11.8. The second-order valence-electron chi connectivity index (χ2n) is 3.73. The summed E-state index contributed by atoms with van der Waals surface area (Å²) in [6, 6.07) is -0.0763. The minimum absolute atomic E-state index is 0. The monoisotopic (exact) mass is 247 g/mol. The molecule has 4 heteroatoms. The number of quaternary nitrogens is 1. The van der Waals surface area contributed by atoms with Crippen molar-refractivity contribution in [1.82, 2.24) is 0 Å². The zero-order valence-electron chi connectivity index (χ0n) is 9.86. The molecule has 0 aliphatic carbocycles. The van der Waals surface area contributed by atoms with Gasteiger partial charge in [-0.15, -0.1) is 13.2 Å². The number of carbonyl (C=O) groups is 1. The first-order chi connectivity index (χ1) is 7.15. The summed E-state index contributed by atoms with van der Waals surface area (Å²) in [4.78, 5) is 11.0. The van der Waals surface area contributed by atoms with E-state index in [-0.39, 0.29) is 24.5 Å². The average molecular weight is 248 g/mol. The van der Waals surface area contributed by atoms with E-state index in [4.69, 9.17) is 5.11 Å². The van der Waals surface area contributed by atoms with Crippen LogP contribution in [0.3, 0.4) is 0 Å². The van der Waals surface area contributed by atoms with Crippen LogP contribution in [0.4, 0.5) is 0 Å². The summed E-state index contributed by atoms with van der Waals surface area (Å²) in [6.45, 7) is 9.36. The maximum atomic E-state index is 11.0. The molecule has 0 rings (SSSR count). The third-order valence-electron chi connectivity index (χ3n) is 2.36. The summed E-state index contributed by atoms with van der Waals surface area (Å²) in [5.41, 5.74) is 0. The van der Waals surface area contributed by atoms with Crippen LogP contribution in [0.2, 0.25) is 0 Å². The van der Waals surface area contributed by atoms with Gasteiger partial charge in [-0.1, -0.05) is 19.1 Å². The zero-order chi connectivity index (χ0) is 11.7. The lowest BCUT2D eigenvalue weighted by Crippen LogP contribution is -3.00. The SMILES string of the molecule is C=CCC(CC=C)[NH2+]C(CCC)C(=O)O.[Cl-]. The molecule has 0 aliphatic rings. The van der Waals surface area contributed by atoms with Crippen molar-refractivity contribution in [3.63, 3.8) is 0 Å². The molecule has 3 N–H and O–H groups in total. The van der Waals surface area contributed by atoms with Crippen molar-refractivity contribution in [2.24, 2.45) is 0 Å². The highest BCUT2D eigenvalue weighted by Gasteiger charge is 2.23. The molecule has 1 atom stereocenters. The number of halogens is 1. The van der Waals surface area contributed by atoms with Crippen molar-refractivity contribution >= 4 is 5.97 Å². The van der Waals surface area contributed by atoms with Gasteiger partial charge < -0.3 is 22.8 Å². The van der Waals surface area contributed by atoms with Crippen molar-refractivity contribution in [1.29, 1.82) is 0 Å². The first-order valence-electron chi connectivity index (χ1n) is 5.45. The largest absolute Gasteiger partial charge is 1.00 e. The Labute approximate surface area is 104 Å². The minimum atomic E-state index is -0.727. The van der Waals surface area contributed by atoms with Crippen LogP contribution in [-0.4, -0.2) is 23.2 Å². The third kappa shape index (κ3) is 7.49. The molecule has 94 valence electrons. The van der Waals surface area contributed by atoms with Crippen LogP contribution in [0, 0.1) is 0 Å². The molecule has 0 aromatic carbocycles. The topological polar surface area (TPSA) is 53.9 Å². The Morgan fingerprint density at radius 3 is 2.19 bits per heavy atom. The van der Waals surface area contributed by atoms with Gasteiger partial charge in [0.05, 0.1) is 6.04 Å². The van der Waals surface area contributed by atoms with E-state index in [1.165, 1.54) is 0 Å². The van der Waals surface area contributed by atoms with Crippen LogP contribution in [-0.2, 0) is 4.79 Å². The standard InChI is InChI=1S/C12H21NO2.ClH/c1-4-7-10(8-5-2)13-11(9-6-3)12(14)15;/h4-5,10-11,13H,1-2,6-9H2,3H3,(H,14,15);1H. The highest BCUT2D eigenvalue weighted by atomic mass is 35.5. The van der Waals surface area contributed by atoms with Gasteiger partial charge in [-0.05, 0) is 6.42 Å². The number of carboxylic acids is 1. The summed E-state index contributed by atoms with van der Waals surface area (Å²) in [5, 5.41) is 10.9. The quantitative estimate of drug-likeness (QED) is 0.479. The molecule has 0 aromatic heterocycles. The lowest BCUT2D eigenvalue weighted by Gasteiger charge is -2.17. The smallest absolute Gasteiger partial charge is 0.362 e. The van der Waals surface area contributed by atoms with Gasteiger partial charge in [0.2, 0.25) is 0 Å². The lowest BCUT2D eigenvalue weighted by molar-refractivity contribution is -0.710. The Bertz CT molecular complexity index is 209. The van der Waals surface area contributed by atoms with Gasteiger partial charge in [0.1, 0.15) is 0 Å². The highest BCUT2D eigenvalue weighted by Crippen LogP contribution is 1.98.